The molecule has 3 aromatic carbocycles. The molecule has 0 atom stereocenters. The molecule has 33 heavy (non-hydrogen) atoms. The van der Waals surface area contributed by atoms with Gasteiger partial charge >= 0.3 is 0 Å². The zero-order valence-corrected chi connectivity index (χ0v) is 18.2. The minimum Gasteiger partial charge on any atom is -0.490 e. The molecule has 0 saturated carbocycles. The molecular weight excluding hydrogens is 452 g/mol. The van der Waals surface area contributed by atoms with Crippen LogP contribution in [0.3, 0.4) is 0 Å². The van der Waals surface area contributed by atoms with E-state index in [1.165, 1.54) is 30.5 Å². The van der Waals surface area contributed by atoms with Crippen molar-refractivity contribution in [2.75, 3.05) is 6.61 Å². The van der Waals surface area contributed by atoms with E-state index in [0.29, 0.717) is 23.5 Å². The second-order valence-corrected chi connectivity index (χ2v) is 7.06. The maximum atomic E-state index is 14.0. The Balaban J connectivity index is 1.74. The number of hydrogen-bond acceptors (Lipinski definition) is 5. The van der Waals surface area contributed by atoms with Gasteiger partial charge in [0.15, 0.2) is 11.5 Å². The standard InChI is InChI=1S/C24H18ClF2N3O3/c1-2-32-22-11-16(9-19(25)23(22)33-14-17-5-3-4-6-20(17)26)13-29-30-24(31)18-8-7-15(12-28)10-21(18)27/h3-11,13H,2,14H2,1H3,(H,30,31)/b29-13-. The highest BCUT2D eigenvalue weighted by Crippen LogP contribution is 2.37. The monoisotopic (exact) mass is 469 g/mol. The number of rotatable bonds is 8. The van der Waals surface area contributed by atoms with Crippen molar-refractivity contribution in [3.05, 3.63) is 93.5 Å². The first-order chi connectivity index (χ1) is 15.9. The predicted octanol–water partition coefficient (Wildman–Crippen LogP) is 5.23. The molecule has 0 heterocycles. The van der Waals surface area contributed by atoms with Crippen molar-refractivity contribution < 1.29 is 23.0 Å². The first-order valence-electron chi connectivity index (χ1n) is 9.78. The first-order valence-corrected chi connectivity index (χ1v) is 10.2. The summed E-state index contributed by atoms with van der Waals surface area (Å²) in [4.78, 5) is 12.1. The summed E-state index contributed by atoms with van der Waals surface area (Å²) in [6.45, 7) is 2.05. The van der Waals surface area contributed by atoms with Crippen LogP contribution in [0, 0.1) is 23.0 Å². The number of nitrogens with one attached hydrogen (secondary N) is 1. The van der Waals surface area contributed by atoms with E-state index in [-0.39, 0.29) is 28.5 Å². The largest absolute Gasteiger partial charge is 0.490 e. The molecule has 1 N–H and O–H groups in total. The molecule has 0 aliphatic heterocycles. The number of carbonyl (C=O) groups excluding carboxylic acids is 1. The van der Waals surface area contributed by atoms with Crippen LogP contribution in [-0.2, 0) is 6.61 Å². The number of hydrogen-bond donors (Lipinski definition) is 1. The quantitative estimate of drug-likeness (QED) is 0.361. The molecule has 6 nitrogen and oxygen atoms in total. The second-order valence-electron chi connectivity index (χ2n) is 6.65. The van der Waals surface area contributed by atoms with Crippen LogP contribution in [-0.4, -0.2) is 18.7 Å². The van der Waals surface area contributed by atoms with Gasteiger partial charge in [-0.1, -0.05) is 29.8 Å². The molecule has 9 heteroatoms. The lowest BCUT2D eigenvalue weighted by atomic mass is 10.1. The Morgan fingerprint density at radius 1 is 1.15 bits per heavy atom. The molecule has 0 aliphatic rings. The Morgan fingerprint density at radius 2 is 1.94 bits per heavy atom. The lowest BCUT2D eigenvalue weighted by Gasteiger charge is -2.14. The minimum atomic E-state index is -0.834. The van der Waals surface area contributed by atoms with Gasteiger partial charge in [-0.3, -0.25) is 4.79 Å². The SMILES string of the molecule is CCOc1cc(/C=N\NC(=O)c2ccc(C#N)cc2F)cc(Cl)c1OCc1ccccc1F. The van der Waals surface area contributed by atoms with Gasteiger partial charge in [0.25, 0.3) is 5.91 Å². The minimum absolute atomic E-state index is 0.0495. The van der Waals surface area contributed by atoms with Crippen molar-refractivity contribution in [2.45, 2.75) is 13.5 Å². The first kappa shape index (κ1) is 23.7. The fourth-order valence-electron chi connectivity index (χ4n) is 2.83. The molecule has 0 aromatic heterocycles. The van der Waals surface area contributed by atoms with E-state index in [1.807, 2.05) is 0 Å². The van der Waals surface area contributed by atoms with E-state index in [1.54, 1.807) is 37.3 Å². The van der Waals surface area contributed by atoms with Crippen LogP contribution in [0.5, 0.6) is 11.5 Å². The van der Waals surface area contributed by atoms with E-state index in [0.717, 1.165) is 6.07 Å². The fraction of sp³-hybridized carbons (Fsp3) is 0.125. The number of carbonyl (C=O) groups is 1. The average molecular weight is 470 g/mol. The lowest BCUT2D eigenvalue weighted by Crippen LogP contribution is -2.19. The van der Waals surface area contributed by atoms with Crippen LogP contribution in [0.15, 0.2) is 59.7 Å². The van der Waals surface area contributed by atoms with Crippen molar-refractivity contribution in [2.24, 2.45) is 5.10 Å². The summed E-state index contributed by atoms with van der Waals surface area (Å²) < 4.78 is 39.1. The van der Waals surface area contributed by atoms with Crippen LogP contribution in [0.2, 0.25) is 5.02 Å². The number of benzene rings is 3. The highest BCUT2D eigenvalue weighted by Gasteiger charge is 2.14. The van der Waals surface area contributed by atoms with Gasteiger partial charge in [-0.05, 0) is 48.9 Å². The summed E-state index contributed by atoms with van der Waals surface area (Å²) in [5.41, 5.74) is 2.90. The molecule has 3 aromatic rings. The predicted molar refractivity (Wildman–Crippen MR) is 120 cm³/mol. The Hall–Kier alpha value is -3.96. The van der Waals surface area contributed by atoms with Crippen LogP contribution in [0.1, 0.15) is 34.0 Å². The fourth-order valence-corrected chi connectivity index (χ4v) is 3.10. The summed E-state index contributed by atoms with van der Waals surface area (Å²) >= 11 is 6.34. The zero-order chi connectivity index (χ0) is 23.8. The van der Waals surface area contributed by atoms with Gasteiger partial charge in [-0.15, -0.1) is 0 Å². The van der Waals surface area contributed by atoms with Gasteiger partial charge in [0.05, 0.1) is 35.0 Å². The number of nitriles is 1. The number of ether oxygens (including phenoxy) is 2. The van der Waals surface area contributed by atoms with Gasteiger partial charge < -0.3 is 9.47 Å². The molecule has 0 radical (unpaired) electrons. The molecule has 3 rings (SSSR count). The molecule has 168 valence electrons. The molecule has 0 unspecified atom stereocenters. The van der Waals surface area contributed by atoms with E-state index in [2.05, 4.69) is 10.5 Å². The Morgan fingerprint density at radius 3 is 2.64 bits per heavy atom. The average Bonchev–Trinajstić information content (AvgIpc) is 2.79. The van der Waals surface area contributed by atoms with Crippen LogP contribution >= 0.6 is 11.6 Å². The van der Waals surface area contributed by atoms with Crippen LogP contribution in [0.25, 0.3) is 0 Å². The van der Waals surface area contributed by atoms with Gasteiger partial charge in [-0.25, -0.2) is 14.2 Å². The Bertz CT molecular complexity index is 1240. The van der Waals surface area contributed by atoms with Crippen molar-refractivity contribution in [1.82, 2.24) is 5.43 Å². The van der Waals surface area contributed by atoms with Gasteiger partial charge in [-0.2, -0.15) is 10.4 Å². The molecule has 0 saturated heterocycles. The maximum absolute atomic E-state index is 14.0. The third-order valence-electron chi connectivity index (χ3n) is 4.38. The van der Waals surface area contributed by atoms with Gasteiger partial charge in [0.2, 0.25) is 0 Å². The molecule has 0 spiro atoms. The molecule has 0 aliphatic carbocycles. The van der Waals surface area contributed by atoms with Crippen molar-refractivity contribution in [1.29, 1.82) is 5.26 Å². The number of amides is 1. The van der Waals surface area contributed by atoms with Crippen molar-refractivity contribution in [3.8, 4) is 17.6 Å². The van der Waals surface area contributed by atoms with Crippen LogP contribution in [0.4, 0.5) is 8.78 Å². The third kappa shape index (κ3) is 6.05. The van der Waals surface area contributed by atoms with E-state index >= 15 is 0 Å². The lowest BCUT2D eigenvalue weighted by molar-refractivity contribution is 0.0951. The van der Waals surface area contributed by atoms with E-state index in [4.69, 9.17) is 26.3 Å². The summed E-state index contributed by atoms with van der Waals surface area (Å²) in [5, 5.41) is 12.8. The van der Waals surface area contributed by atoms with Crippen molar-refractivity contribution >= 4 is 23.7 Å². The number of halogens is 3. The van der Waals surface area contributed by atoms with Gasteiger partial charge in [0.1, 0.15) is 18.2 Å². The zero-order valence-electron chi connectivity index (χ0n) is 17.4. The summed E-state index contributed by atoms with van der Waals surface area (Å²) in [5.74, 6) is -1.46. The Kier molecular flexibility index (Phi) is 7.95. The number of nitrogens with zero attached hydrogens (tertiary/aromatic N) is 2. The summed E-state index contributed by atoms with van der Waals surface area (Å²) in [6, 6.07) is 14.6. The van der Waals surface area contributed by atoms with Crippen molar-refractivity contribution in [3.63, 3.8) is 0 Å². The summed E-state index contributed by atoms with van der Waals surface area (Å²) in [6.07, 6.45) is 1.30. The van der Waals surface area contributed by atoms with Crippen LogP contribution < -0.4 is 14.9 Å². The molecule has 0 fully saturated rings. The topological polar surface area (TPSA) is 83.7 Å². The Labute approximate surface area is 194 Å². The third-order valence-corrected chi connectivity index (χ3v) is 4.66. The maximum Gasteiger partial charge on any atom is 0.274 e. The molecular formula is C24H18ClF2N3O3. The normalized spacial score (nSPS) is 10.6. The summed E-state index contributed by atoms with van der Waals surface area (Å²) in [7, 11) is 0. The van der Waals surface area contributed by atoms with Gasteiger partial charge in [0, 0.05) is 5.56 Å². The second kappa shape index (κ2) is 11.1. The smallest absolute Gasteiger partial charge is 0.274 e. The van der Waals surface area contributed by atoms with E-state index in [9.17, 15) is 13.6 Å². The molecule has 1 amide bonds. The highest BCUT2D eigenvalue weighted by molar-refractivity contribution is 6.32. The van der Waals surface area contributed by atoms with E-state index < -0.39 is 17.5 Å². The number of hydrazone groups is 1. The molecule has 0 bridgehead atoms. The highest BCUT2D eigenvalue weighted by atomic mass is 35.5.